The van der Waals surface area contributed by atoms with Crippen LogP contribution in [-0.2, 0) is 25.5 Å². The van der Waals surface area contributed by atoms with Crippen molar-refractivity contribution in [3.05, 3.63) is 47.4 Å². The standard InChI is InChI=1S/C15H19N3O4.ClH/c1-2-21-13(12-8-20-9-22-12)15(19)18-7-10-3-5-11(6-4-10)14(16)17;/h3-6,8,13H,2,7,9H2,1H3,(H3,16,17)(H,18,19);1H. The molecule has 1 amide bonds. The average Bonchev–Trinajstić information content (AvgIpc) is 3.04. The zero-order chi connectivity index (χ0) is 15.9. The van der Waals surface area contributed by atoms with Gasteiger partial charge in [-0.1, -0.05) is 24.3 Å². The van der Waals surface area contributed by atoms with Gasteiger partial charge in [-0.25, -0.2) is 0 Å². The Kier molecular flexibility index (Phi) is 7.37. The molecule has 0 saturated carbocycles. The highest BCUT2D eigenvalue weighted by molar-refractivity contribution is 5.94. The molecule has 0 bridgehead atoms. The van der Waals surface area contributed by atoms with E-state index in [1.807, 2.05) is 0 Å². The molecule has 0 radical (unpaired) electrons. The zero-order valence-corrected chi connectivity index (χ0v) is 13.5. The van der Waals surface area contributed by atoms with Gasteiger partial charge < -0.3 is 25.3 Å². The largest absolute Gasteiger partial charge is 0.461 e. The lowest BCUT2D eigenvalue weighted by atomic mass is 10.1. The molecule has 1 aromatic carbocycles. The fourth-order valence-corrected chi connectivity index (χ4v) is 1.93. The van der Waals surface area contributed by atoms with Crippen LogP contribution in [0.25, 0.3) is 0 Å². The van der Waals surface area contributed by atoms with Crippen molar-refractivity contribution in [2.45, 2.75) is 19.6 Å². The fraction of sp³-hybridized carbons (Fsp3) is 0.333. The number of hydrogen-bond donors (Lipinski definition) is 3. The van der Waals surface area contributed by atoms with Gasteiger partial charge in [0, 0.05) is 18.7 Å². The number of hydrogen-bond acceptors (Lipinski definition) is 5. The third kappa shape index (κ3) is 5.15. The van der Waals surface area contributed by atoms with Gasteiger partial charge in [0.2, 0.25) is 6.79 Å². The van der Waals surface area contributed by atoms with Crippen LogP contribution in [-0.4, -0.2) is 31.2 Å². The predicted molar refractivity (Wildman–Crippen MR) is 87.1 cm³/mol. The molecule has 2 rings (SSSR count). The number of carbonyl (C=O) groups is 1. The molecule has 0 aromatic heterocycles. The molecule has 23 heavy (non-hydrogen) atoms. The Balaban J connectivity index is 0.00000264. The van der Waals surface area contributed by atoms with Crippen LogP contribution in [0.2, 0.25) is 0 Å². The second kappa shape index (κ2) is 9.02. The predicted octanol–water partition coefficient (Wildman–Crippen LogP) is 1.26. The molecule has 1 aliphatic rings. The van der Waals surface area contributed by atoms with Crippen LogP contribution in [0.15, 0.2) is 36.3 Å². The highest BCUT2D eigenvalue weighted by atomic mass is 35.5. The normalized spacial score (nSPS) is 13.9. The Labute approximate surface area is 140 Å². The number of nitrogen functional groups attached to an aromatic ring is 1. The van der Waals surface area contributed by atoms with Crippen molar-refractivity contribution < 1.29 is 19.0 Å². The quantitative estimate of drug-likeness (QED) is 0.511. The molecule has 0 saturated heterocycles. The zero-order valence-electron chi connectivity index (χ0n) is 12.7. The SMILES string of the molecule is CCOC(C(=O)NCc1ccc(C(=N)N)cc1)C1=COCO1.Cl. The monoisotopic (exact) mass is 341 g/mol. The molecule has 0 aliphatic carbocycles. The second-order valence-corrected chi connectivity index (χ2v) is 4.61. The number of ether oxygens (including phenoxy) is 3. The summed E-state index contributed by atoms with van der Waals surface area (Å²) in [5.74, 6) is 0.0813. The maximum atomic E-state index is 12.2. The molecule has 1 aromatic rings. The number of nitrogens with two attached hydrogens (primary N) is 1. The molecule has 1 atom stereocenters. The van der Waals surface area contributed by atoms with Gasteiger partial charge in [0.05, 0.1) is 0 Å². The summed E-state index contributed by atoms with van der Waals surface area (Å²) in [7, 11) is 0. The molecule has 1 unspecified atom stereocenters. The van der Waals surface area contributed by atoms with Crippen LogP contribution in [0.1, 0.15) is 18.1 Å². The Bertz CT molecular complexity index is 575. The van der Waals surface area contributed by atoms with Crippen LogP contribution in [0.3, 0.4) is 0 Å². The van der Waals surface area contributed by atoms with E-state index >= 15 is 0 Å². The van der Waals surface area contributed by atoms with Gasteiger partial charge in [-0.15, -0.1) is 12.4 Å². The van der Waals surface area contributed by atoms with E-state index in [0.29, 0.717) is 24.5 Å². The van der Waals surface area contributed by atoms with Gasteiger partial charge in [0.15, 0.2) is 11.9 Å². The summed E-state index contributed by atoms with van der Waals surface area (Å²) in [5.41, 5.74) is 6.93. The van der Waals surface area contributed by atoms with Gasteiger partial charge in [-0.05, 0) is 12.5 Å². The number of amidine groups is 1. The molecule has 4 N–H and O–H groups in total. The van der Waals surface area contributed by atoms with Crippen LogP contribution in [0.4, 0.5) is 0 Å². The molecule has 0 fully saturated rings. The van der Waals surface area contributed by atoms with Crippen LogP contribution in [0.5, 0.6) is 0 Å². The van der Waals surface area contributed by atoms with E-state index in [1.54, 1.807) is 31.2 Å². The van der Waals surface area contributed by atoms with E-state index in [0.717, 1.165) is 5.56 Å². The first kappa shape index (κ1) is 18.8. The Morgan fingerprint density at radius 3 is 2.65 bits per heavy atom. The van der Waals surface area contributed by atoms with Crippen molar-refractivity contribution >= 4 is 24.1 Å². The van der Waals surface area contributed by atoms with Crippen molar-refractivity contribution in [1.82, 2.24) is 5.32 Å². The van der Waals surface area contributed by atoms with Crippen molar-refractivity contribution in [1.29, 1.82) is 5.41 Å². The summed E-state index contributed by atoms with van der Waals surface area (Å²) in [6.45, 7) is 2.62. The molecule has 126 valence electrons. The van der Waals surface area contributed by atoms with Gasteiger partial charge >= 0.3 is 0 Å². The van der Waals surface area contributed by atoms with Crippen molar-refractivity contribution in [2.75, 3.05) is 13.4 Å². The fourth-order valence-electron chi connectivity index (χ4n) is 1.93. The lowest BCUT2D eigenvalue weighted by Gasteiger charge is -2.16. The number of carbonyl (C=O) groups excluding carboxylic acids is 1. The Morgan fingerprint density at radius 2 is 2.13 bits per heavy atom. The lowest BCUT2D eigenvalue weighted by molar-refractivity contribution is -0.132. The van der Waals surface area contributed by atoms with E-state index in [2.05, 4.69) is 5.32 Å². The van der Waals surface area contributed by atoms with Crippen molar-refractivity contribution in [3.63, 3.8) is 0 Å². The number of rotatable bonds is 7. The number of halogens is 1. The Morgan fingerprint density at radius 1 is 1.43 bits per heavy atom. The smallest absolute Gasteiger partial charge is 0.257 e. The lowest BCUT2D eigenvalue weighted by Crippen LogP contribution is -2.37. The molecule has 8 heteroatoms. The summed E-state index contributed by atoms with van der Waals surface area (Å²) in [5, 5.41) is 10.1. The van der Waals surface area contributed by atoms with Gasteiger partial charge in [-0.2, -0.15) is 0 Å². The van der Waals surface area contributed by atoms with E-state index in [4.69, 9.17) is 25.4 Å². The molecule has 1 heterocycles. The molecular weight excluding hydrogens is 322 g/mol. The van der Waals surface area contributed by atoms with E-state index in [9.17, 15) is 4.79 Å². The maximum absolute atomic E-state index is 12.2. The highest BCUT2D eigenvalue weighted by Gasteiger charge is 2.27. The summed E-state index contributed by atoms with van der Waals surface area (Å²) >= 11 is 0. The Hall–Kier alpha value is -2.25. The second-order valence-electron chi connectivity index (χ2n) is 4.61. The molecular formula is C15H20ClN3O4. The number of amides is 1. The van der Waals surface area contributed by atoms with Gasteiger partial charge in [0.1, 0.15) is 12.1 Å². The first-order chi connectivity index (χ1) is 10.6. The summed E-state index contributed by atoms with van der Waals surface area (Å²) in [4.78, 5) is 12.2. The van der Waals surface area contributed by atoms with E-state index in [-0.39, 0.29) is 30.9 Å². The minimum atomic E-state index is -0.816. The molecule has 7 nitrogen and oxygen atoms in total. The minimum absolute atomic E-state index is 0. The number of nitrogens with one attached hydrogen (secondary N) is 2. The van der Waals surface area contributed by atoms with E-state index < -0.39 is 6.10 Å². The van der Waals surface area contributed by atoms with Gasteiger partial charge in [-0.3, -0.25) is 10.2 Å². The first-order valence-corrected chi connectivity index (χ1v) is 6.89. The van der Waals surface area contributed by atoms with Crippen molar-refractivity contribution in [3.8, 4) is 0 Å². The first-order valence-electron chi connectivity index (χ1n) is 6.89. The molecule has 0 spiro atoms. The van der Waals surface area contributed by atoms with E-state index in [1.165, 1.54) is 6.26 Å². The van der Waals surface area contributed by atoms with Crippen LogP contribution < -0.4 is 11.1 Å². The summed E-state index contributed by atoms with van der Waals surface area (Å²) in [6, 6.07) is 7.09. The minimum Gasteiger partial charge on any atom is -0.461 e. The third-order valence-corrected chi connectivity index (χ3v) is 3.05. The summed E-state index contributed by atoms with van der Waals surface area (Å²) in [6.07, 6.45) is 0.575. The number of benzene rings is 1. The molecule has 1 aliphatic heterocycles. The van der Waals surface area contributed by atoms with Crippen LogP contribution in [0, 0.1) is 5.41 Å². The van der Waals surface area contributed by atoms with Crippen molar-refractivity contribution in [2.24, 2.45) is 5.73 Å². The maximum Gasteiger partial charge on any atom is 0.257 e. The average molecular weight is 342 g/mol. The van der Waals surface area contributed by atoms with Gasteiger partial charge in [0.25, 0.3) is 5.91 Å². The highest BCUT2D eigenvalue weighted by Crippen LogP contribution is 2.15. The topological polar surface area (TPSA) is 107 Å². The third-order valence-electron chi connectivity index (χ3n) is 3.05. The summed E-state index contributed by atoms with van der Waals surface area (Å²) < 4.78 is 15.6. The van der Waals surface area contributed by atoms with Crippen LogP contribution >= 0.6 is 12.4 Å².